The summed E-state index contributed by atoms with van der Waals surface area (Å²) in [5.74, 6) is 0. The van der Waals surface area contributed by atoms with Gasteiger partial charge in [-0.15, -0.1) is 0 Å². The summed E-state index contributed by atoms with van der Waals surface area (Å²) in [6.45, 7) is 19.0. The highest BCUT2D eigenvalue weighted by molar-refractivity contribution is 6.00. The lowest BCUT2D eigenvalue weighted by Crippen LogP contribution is -2.27. The summed E-state index contributed by atoms with van der Waals surface area (Å²) in [7, 11) is 0. The Morgan fingerprint density at radius 3 is 1.36 bits per heavy atom. The van der Waals surface area contributed by atoms with Gasteiger partial charge in [0.2, 0.25) is 0 Å². The van der Waals surface area contributed by atoms with Crippen LogP contribution in [-0.2, 0) is 16.2 Å². The summed E-state index contributed by atoms with van der Waals surface area (Å²) in [6.07, 6.45) is 23.4. The molecule has 55 heavy (non-hydrogen) atoms. The second-order valence-electron chi connectivity index (χ2n) is 18.1. The fourth-order valence-corrected chi connectivity index (χ4v) is 10.00. The van der Waals surface area contributed by atoms with Gasteiger partial charge in [-0.1, -0.05) is 193 Å². The molecule has 5 aromatic rings. The molecule has 5 aromatic carbocycles. The number of rotatable bonds is 21. The highest BCUT2D eigenvalue weighted by atomic mass is 14.5. The van der Waals surface area contributed by atoms with Crippen molar-refractivity contribution in [3.8, 4) is 22.3 Å². The fraction of sp³-hybridized carbons (Fsp3) is 0.527. The van der Waals surface area contributed by atoms with Crippen molar-refractivity contribution < 1.29 is 0 Å². The van der Waals surface area contributed by atoms with E-state index in [-0.39, 0.29) is 16.2 Å². The Morgan fingerprint density at radius 2 is 0.800 bits per heavy atom. The van der Waals surface area contributed by atoms with E-state index in [9.17, 15) is 0 Å². The van der Waals surface area contributed by atoms with Crippen molar-refractivity contribution in [1.29, 1.82) is 0 Å². The Kier molecular flexibility index (Phi) is 13.7. The topological polar surface area (TPSA) is 0 Å². The van der Waals surface area contributed by atoms with Crippen LogP contribution >= 0.6 is 0 Å². The van der Waals surface area contributed by atoms with E-state index in [4.69, 9.17) is 0 Å². The van der Waals surface area contributed by atoms with Crippen molar-refractivity contribution in [3.05, 3.63) is 107 Å². The van der Waals surface area contributed by atoms with E-state index in [0.717, 1.165) is 12.8 Å². The summed E-state index contributed by atoms with van der Waals surface area (Å²) in [5, 5.41) is 5.37. The Hall–Kier alpha value is -3.38. The quantitative estimate of drug-likeness (QED) is 0.0520. The molecule has 0 aromatic heterocycles. The lowest BCUT2D eigenvalue weighted by atomic mass is 9.68. The van der Waals surface area contributed by atoms with E-state index in [2.05, 4.69) is 140 Å². The zero-order valence-corrected chi connectivity index (χ0v) is 36.3. The summed E-state index contributed by atoms with van der Waals surface area (Å²) in [4.78, 5) is 0. The van der Waals surface area contributed by atoms with Crippen LogP contribution in [0.5, 0.6) is 0 Å². The predicted molar refractivity (Wildman–Crippen MR) is 245 cm³/mol. The summed E-state index contributed by atoms with van der Waals surface area (Å²) in [6, 6.07) is 34.5. The number of hydrogen-bond acceptors (Lipinski definition) is 0. The molecular formula is C55H74. The zero-order chi connectivity index (χ0) is 39.1. The smallest absolute Gasteiger partial charge is 0.0215 e. The first-order chi connectivity index (χ1) is 26.7. The third-order valence-electron chi connectivity index (χ3n) is 14.9. The van der Waals surface area contributed by atoms with Crippen LogP contribution in [0.2, 0.25) is 0 Å². The van der Waals surface area contributed by atoms with Crippen molar-refractivity contribution in [2.24, 2.45) is 0 Å². The minimum Gasteiger partial charge on any atom is -0.0654 e. The van der Waals surface area contributed by atoms with Gasteiger partial charge >= 0.3 is 0 Å². The van der Waals surface area contributed by atoms with Gasteiger partial charge < -0.3 is 0 Å². The van der Waals surface area contributed by atoms with Gasteiger partial charge in [0.1, 0.15) is 0 Å². The maximum Gasteiger partial charge on any atom is 0.0215 e. The van der Waals surface area contributed by atoms with E-state index in [1.807, 2.05) is 0 Å². The van der Waals surface area contributed by atoms with Crippen molar-refractivity contribution in [2.75, 3.05) is 0 Å². The molecule has 0 atom stereocenters. The highest BCUT2D eigenvalue weighted by Gasteiger charge is 2.43. The number of fused-ring (bicyclic) bond motifs is 5. The molecule has 0 amide bonds. The average molecular weight is 735 g/mol. The zero-order valence-electron chi connectivity index (χ0n) is 36.3. The standard InChI is InChI=1S/C55H74/c1-9-15-17-19-21-23-33-55(34-24-22-20-18-16-10-2)51-39-44(28-31-49(51)50-32-30-48(40-52(50)55)54(8,13-5)14-6)41-25-26-42-37-46-38-47(53(7,11-3)12-4)29-27-43(46)36-45(42)35-41/h25-32,35-40H,9-24,33-34H2,1-8H3. The Labute approximate surface area is 336 Å². The van der Waals surface area contributed by atoms with Gasteiger partial charge in [-0.05, 0) is 140 Å². The first kappa shape index (κ1) is 41.3. The highest BCUT2D eigenvalue weighted by Crippen LogP contribution is 2.56. The van der Waals surface area contributed by atoms with Gasteiger partial charge in [0.15, 0.2) is 0 Å². The van der Waals surface area contributed by atoms with Gasteiger partial charge in [0.05, 0.1) is 0 Å². The summed E-state index contributed by atoms with van der Waals surface area (Å²) < 4.78 is 0. The summed E-state index contributed by atoms with van der Waals surface area (Å²) >= 11 is 0. The van der Waals surface area contributed by atoms with Crippen LogP contribution < -0.4 is 0 Å². The molecule has 0 saturated heterocycles. The van der Waals surface area contributed by atoms with Gasteiger partial charge in [0.25, 0.3) is 0 Å². The first-order valence-corrected chi connectivity index (χ1v) is 23.0. The van der Waals surface area contributed by atoms with E-state index < -0.39 is 0 Å². The normalized spacial score (nSPS) is 13.8. The molecular weight excluding hydrogens is 661 g/mol. The summed E-state index contributed by atoms with van der Waals surface area (Å²) in [5.41, 5.74) is 12.5. The lowest BCUT2D eigenvalue weighted by Gasteiger charge is -2.35. The minimum atomic E-state index is 0.0742. The third kappa shape index (κ3) is 8.50. The van der Waals surface area contributed by atoms with Crippen LogP contribution in [0, 0.1) is 0 Å². The van der Waals surface area contributed by atoms with Gasteiger partial charge in [-0.3, -0.25) is 0 Å². The Balaban J connectivity index is 1.43. The SMILES string of the molecule is CCCCCCCCC1(CCCCCCCC)c2cc(-c3ccc4cc5cc(C(C)(CC)CC)ccc5cc4c3)ccc2-c2ccc(C(C)(CC)CC)cc21. The van der Waals surface area contributed by atoms with Gasteiger partial charge in [-0.25, -0.2) is 0 Å². The molecule has 1 aliphatic carbocycles. The Morgan fingerprint density at radius 1 is 0.382 bits per heavy atom. The van der Waals surface area contributed by atoms with Crippen molar-refractivity contribution in [2.45, 2.75) is 187 Å². The molecule has 0 fully saturated rings. The van der Waals surface area contributed by atoms with Crippen LogP contribution in [0.25, 0.3) is 43.8 Å². The van der Waals surface area contributed by atoms with E-state index in [1.54, 1.807) is 16.7 Å². The van der Waals surface area contributed by atoms with E-state index in [0.29, 0.717) is 0 Å². The molecule has 294 valence electrons. The van der Waals surface area contributed by atoms with E-state index >= 15 is 0 Å². The second kappa shape index (κ2) is 18.3. The largest absolute Gasteiger partial charge is 0.0654 e. The minimum absolute atomic E-state index is 0.0742. The molecule has 0 nitrogen and oxygen atoms in total. The Bertz CT molecular complexity index is 2000. The first-order valence-electron chi connectivity index (χ1n) is 23.0. The molecule has 0 heterocycles. The number of benzene rings is 5. The predicted octanol–water partition coefficient (Wildman–Crippen LogP) is 17.6. The van der Waals surface area contributed by atoms with Crippen molar-refractivity contribution in [3.63, 3.8) is 0 Å². The average Bonchev–Trinajstić information content (AvgIpc) is 3.49. The van der Waals surface area contributed by atoms with Gasteiger partial charge in [0, 0.05) is 5.41 Å². The molecule has 1 aliphatic rings. The van der Waals surface area contributed by atoms with Crippen LogP contribution in [0.1, 0.15) is 193 Å². The van der Waals surface area contributed by atoms with Crippen LogP contribution in [-0.4, -0.2) is 0 Å². The maximum atomic E-state index is 2.70. The fourth-order valence-electron chi connectivity index (χ4n) is 10.00. The van der Waals surface area contributed by atoms with Crippen LogP contribution in [0.3, 0.4) is 0 Å². The molecule has 0 unspecified atom stereocenters. The van der Waals surface area contributed by atoms with Crippen molar-refractivity contribution >= 4 is 21.5 Å². The number of unbranched alkanes of at least 4 members (excludes halogenated alkanes) is 10. The second-order valence-corrected chi connectivity index (χ2v) is 18.1. The number of hydrogen-bond donors (Lipinski definition) is 0. The molecule has 0 aliphatic heterocycles. The molecule has 0 N–H and O–H groups in total. The van der Waals surface area contributed by atoms with Gasteiger partial charge in [-0.2, -0.15) is 0 Å². The molecule has 0 heteroatoms. The van der Waals surface area contributed by atoms with Crippen LogP contribution in [0.4, 0.5) is 0 Å². The van der Waals surface area contributed by atoms with Crippen LogP contribution in [0.15, 0.2) is 84.9 Å². The molecule has 0 saturated carbocycles. The monoisotopic (exact) mass is 735 g/mol. The molecule has 6 rings (SSSR count). The van der Waals surface area contributed by atoms with Crippen molar-refractivity contribution in [1.82, 2.24) is 0 Å². The van der Waals surface area contributed by atoms with E-state index in [1.165, 1.54) is 152 Å². The molecule has 0 radical (unpaired) electrons. The lowest BCUT2D eigenvalue weighted by molar-refractivity contribution is 0.395. The molecule has 0 bridgehead atoms. The maximum absolute atomic E-state index is 2.70. The molecule has 0 spiro atoms. The third-order valence-corrected chi connectivity index (χ3v) is 14.9.